The van der Waals surface area contributed by atoms with Crippen molar-refractivity contribution < 1.29 is 9.53 Å². The lowest BCUT2D eigenvalue weighted by Crippen LogP contribution is -2.37. The fraction of sp³-hybridized carbons (Fsp3) is 0.625. The maximum Gasteiger partial charge on any atom is 0.309 e. The molecule has 0 radical (unpaired) electrons. The SMILES string of the molecule is CCOC(=O)C1CCN(c2ccc(CCCN)cn2)CC1. The number of carbonyl (C=O) groups is 1. The summed E-state index contributed by atoms with van der Waals surface area (Å²) in [5.74, 6) is 0.987. The molecule has 0 atom stereocenters. The highest BCUT2D eigenvalue weighted by atomic mass is 16.5. The number of aromatic nitrogens is 1. The van der Waals surface area contributed by atoms with Crippen molar-refractivity contribution in [2.24, 2.45) is 11.7 Å². The Hall–Kier alpha value is -1.62. The lowest BCUT2D eigenvalue weighted by Gasteiger charge is -2.31. The Bertz CT molecular complexity index is 439. The van der Waals surface area contributed by atoms with Crippen LogP contribution in [0.2, 0.25) is 0 Å². The van der Waals surface area contributed by atoms with Gasteiger partial charge in [-0.15, -0.1) is 0 Å². The van der Waals surface area contributed by atoms with Crippen LogP contribution in [0.5, 0.6) is 0 Å². The summed E-state index contributed by atoms with van der Waals surface area (Å²) in [7, 11) is 0. The van der Waals surface area contributed by atoms with Crippen LogP contribution in [0.4, 0.5) is 5.82 Å². The summed E-state index contributed by atoms with van der Waals surface area (Å²) in [6, 6.07) is 4.19. The first-order valence-electron chi connectivity index (χ1n) is 7.81. The molecule has 1 aromatic heterocycles. The van der Waals surface area contributed by atoms with E-state index >= 15 is 0 Å². The molecule has 0 saturated carbocycles. The first kappa shape index (κ1) is 15.8. The number of hydrogen-bond donors (Lipinski definition) is 1. The van der Waals surface area contributed by atoms with E-state index in [9.17, 15) is 4.79 Å². The van der Waals surface area contributed by atoms with Crippen LogP contribution in [0.15, 0.2) is 18.3 Å². The van der Waals surface area contributed by atoms with E-state index in [4.69, 9.17) is 10.5 Å². The molecule has 0 aromatic carbocycles. The molecule has 0 unspecified atom stereocenters. The van der Waals surface area contributed by atoms with Gasteiger partial charge < -0.3 is 15.4 Å². The predicted molar refractivity (Wildman–Crippen MR) is 83.2 cm³/mol. The van der Waals surface area contributed by atoms with Gasteiger partial charge in [0.25, 0.3) is 0 Å². The highest BCUT2D eigenvalue weighted by Crippen LogP contribution is 2.23. The van der Waals surface area contributed by atoms with Crippen molar-refractivity contribution in [3.63, 3.8) is 0 Å². The van der Waals surface area contributed by atoms with Gasteiger partial charge in [-0.3, -0.25) is 4.79 Å². The summed E-state index contributed by atoms with van der Waals surface area (Å²) >= 11 is 0. The molecule has 5 heteroatoms. The van der Waals surface area contributed by atoms with E-state index in [1.165, 1.54) is 5.56 Å². The third-order valence-electron chi connectivity index (χ3n) is 3.92. The Morgan fingerprint density at radius 1 is 1.43 bits per heavy atom. The van der Waals surface area contributed by atoms with Crippen LogP contribution in [0.1, 0.15) is 31.7 Å². The number of esters is 1. The molecule has 2 rings (SSSR count). The smallest absolute Gasteiger partial charge is 0.309 e. The number of pyridine rings is 1. The minimum atomic E-state index is -0.0535. The zero-order chi connectivity index (χ0) is 15.1. The van der Waals surface area contributed by atoms with Gasteiger partial charge in [0.05, 0.1) is 12.5 Å². The van der Waals surface area contributed by atoms with E-state index in [1.54, 1.807) is 0 Å². The molecule has 1 aromatic rings. The minimum absolute atomic E-state index is 0.0463. The van der Waals surface area contributed by atoms with Crippen LogP contribution < -0.4 is 10.6 Å². The van der Waals surface area contributed by atoms with Gasteiger partial charge in [0.1, 0.15) is 5.82 Å². The van der Waals surface area contributed by atoms with Crippen LogP contribution in [-0.2, 0) is 16.0 Å². The summed E-state index contributed by atoms with van der Waals surface area (Å²) in [5, 5.41) is 0. The number of rotatable bonds is 6. The van der Waals surface area contributed by atoms with Crippen molar-refractivity contribution in [1.29, 1.82) is 0 Å². The number of nitrogens with zero attached hydrogens (tertiary/aromatic N) is 2. The molecule has 21 heavy (non-hydrogen) atoms. The highest BCUT2D eigenvalue weighted by Gasteiger charge is 2.26. The van der Waals surface area contributed by atoms with Crippen molar-refractivity contribution in [3.05, 3.63) is 23.9 Å². The molecule has 116 valence electrons. The van der Waals surface area contributed by atoms with Gasteiger partial charge >= 0.3 is 5.97 Å². The minimum Gasteiger partial charge on any atom is -0.466 e. The predicted octanol–water partition coefficient (Wildman–Crippen LogP) is 1.75. The third kappa shape index (κ3) is 4.43. The number of anilines is 1. The summed E-state index contributed by atoms with van der Waals surface area (Å²) in [6.45, 7) is 4.74. The number of hydrogen-bond acceptors (Lipinski definition) is 5. The summed E-state index contributed by atoms with van der Waals surface area (Å²) in [5.41, 5.74) is 6.74. The Kier molecular flexibility index (Phi) is 5.99. The molecule has 0 spiro atoms. The molecule has 1 aliphatic heterocycles. The van der Waals surface area contributed by atoms with Gasteiger partial charge in [-0.25, -0.2) is 4.98 Å². The van der Waals surface area contributed by atoms with Crippen LogP contribution in [-0.4, -0.2) is 37.2 Å². The maximum absolute atomic E-state index is 11.7. The van der Waals surface area contributed by atoms with Crippen molar-refractivity contribution in [3.8, 4) is 0 Å². The molecule has 2 N–H and O–H groups in total. The average Bonchev–Trinajstić information content (AvgIpc) is 2.54. The van der Waals surface area contributed by atoms with Crippen molar-refractivity contribution in [2.75, 3.05) is 31.1 Å². The van der Waals surface area contributed by atoms with Crippen LogP contribution in [0, 0.1) is 5.92 Å². The fourth-order valence-corrected chi connectivity index (χ4v) is 2.66. The summed E-state index contributed by atoms with van der Waals surface area (Å²) < 4.78 is 5.09. The zero-order valence-electron chi connectivity index (χ0n) is 12.8. The third-order valence-corrected chi connectivity index (χ3v) is 3.92. The van der Waals surface area contributed by atoms with Crippen LogP contribution in [0.25, 0.3) is 0 Å². The molecule has 0 amide bonds. The lowest BCUT2D eigenvalue weighted by atomic mass is 9.97. The van der Waals surface area contributed by atoms with Crippen LogP contribution in [0.3, 0.4) is 0 Å². The monoisotopic (exact) mass is 291 g/mol. The van der Waals surface area contributed by atoms with Gasteiger partial charge in [-0.1, -0.05) is 6.07 Å². The highest BCUT2D eigenvalue weighted by molar-refractivity contribution is 5.72. The van der Waals surface area contributed by atoms with Crippen molar-refractivity contribution in [2.45, 2.75) is 32.6 Å². The van der Waals surface area contributed by atoms with Gasteiger partial charge in [0, 0.05) is 19.3 Å². The first-order valence-corrected chi connectivity index (χ1v) is 7.81. The molecule has 2 heterocycles. The second-order valence-electron chi connectivity index (χ2n) is 5.43. The van der Waals surface area contributed by atoms with Gasteiger partial charge in [0.15, 0.2) is 0 Å². The molecule has 5 nitrogen and oxygen atoms in total. The van der Waals surface area contributed by atoms with Gasteiger partial charge in [-0.05, 0) is 50.8 Å². The number of ether oxygens (including phenoxy) is 1. The van der Waals surface area contributed by atoms with Crippen molar-refractivity contribution in [1.82, 2.24) is 4.98 Å². The van der Waals surface area contributed by atoms with E-state index in [2.05, 4.69) is 22.0 Å². The molecular weight excluding hydrogens is 266 g/mol. The molecule has 1 aliphatic rings. The number of piperidine rings is 1. The van der Waals surface area contributed by atoms with E-state index in [0.717, 1.165) is 44.6 Å². The first-order chi connectivity index (χ1) is 10.2. The topological polar surface area (TPSA) is 68.5 Å². The second kappa shape index (κ2) is 7.98. The zero-order valence-corrected chi connectivity index (χ0v) is 12.8. The number of aryl methyl sites for hydroxylation is 1. The van der Waals surface area contributed by atoms with E-state index in [0.29, 0.717) is 13.2 Å². The largest absolute Gasteiger partial charge is 0.466 e. The lowest BCUT2D eigenvalue weighted by molar-refractivity contribution is -0.148. The van der Waals surface area contributed by atoms with Crippen LogP contribution >= 0.6 is 0 Å². The van der Waals surface area contributed by atoms with E-state index < -0.39 is 0 Å². The quantitative estimate of drug-likeness (QED) is 0.809. The van der Waals surface area contributed by atoms with Crippen molar-refractivity contribution >= 4 is 11.8 Å². The molecule has 0 aliphatic carbocycles. The number of nitrogens with two attached hydrogens (primary N) is 1. The van der Waals surface area contributed by atoms with E-state index in [1.807, 2.05) is 13.1 Å². The average molecular weight is 291 g/mol. The Morgan fingerprint density at radius 3 is 2.76 bits per heavy atom. The fourth-order valence-electron chi connectivity index (χ4n) is 2.66. The Balaban J connectivity index is 1.85. The molecule has 1 fully saturated rings. The molecule has 0 bridgehead atoms. The molecular formula is C16H25N3O2. The Labute approximate surface area is 126 Å². The Morgan fingerprint density at radius 2 is 2.19 bits per heavy atom. The van der Waals surface area contributed by atoms with Gasteiger partial charge in [-0.2, -0.15) is 0 Å². The standard InChI is InChI=1S/C16H25N3O2/c1-2-21-16(20)14-7-10-19(11-8-14)15-6-5-13(12-18-15)4-3-9-17/h5-6,12,14H,2-4,7-11,17H2,1H3. The second-order valence-corrected chi connectivity index (χ2v) is 5.43. The van der Waals surface area contributed by atoms with Gasteiger partial charge in [0.2, 0.25) is 0 Å². The number of carbonyl (C=O) groups excluding carboxylic acids is 1. The normalized spacial score (nSPS) is 16.0. The summed E-state index contributed by atoms with van der Waals surface area (Å²) in [6.07, 6.45) is 5.59. The molecule has 1 saturated heterocycles. The summed E-state index contributed by atoms with van der Waals surface area (Å²) in [4.78, 5) is 18.5. The van der Waals surface area contributed by atoms with E-state index in [-0.39, 0.29) is 11.9 Å². The maximum atomic E-state index is 11.7.